The lowest BCUT2D eigenvalue weighted by Crippen LogP contribution is -2.40. The number of aromatic nitrogens is 3. The van der Waals surface area contributed by atoms with Crippen molar-refractivity contribution in [3.63, 3.8) is 0 Å². The monoisotopic (exact) mass is 757 g/mol. The fourth-order valence-electron chi connectivity index (χ4n) is 5.50. The van der Waals surface area contributed by atoms with E-state index in [0.29, 0.717) is 47.5 Å². The Kier molecular flexibility index (Phi) is 9.90. The molecule has 3 aromatic carbocycles. The number of thiazole rings is 1. The van der Waals surface area contributed by atoms with E-state index in [4.69, 9.17) is 14.5 Å². The lowest BCUT2D eigenvalue weighted by Gasteiger charge is -2.27. The van der Waals surface area contributed by atoms with Crippen LogP contribution in [0.25, 0.3) is 11.8 Å². The van der Waals surface area contributed by atoms with Crippen LogP contribution >= 0.6 is 39.0 Å². The molecule has 3 heterocycles. The minimum atomic E-state index is -0.967. The summed E-state index contributed by atoms with van der Waals surface area (Å²) in [5, 5.41) is 12.6. The summed E-state index contributed by atoms with van der Waals surface area (Å²) >= 11 is 5.75. The molecule has 49 heavy (non-hydrogen) atoms. The molecule has 0 radical (unpaired) electrons. The number of hydrogen-bond acceptors (Lipinski definition) is 11. The first-order valence-corrected chi connectivity index (χ1v) is 17.4. The minimum Gasteiger partial charge on any atom is -0.496 e. The van der Waals surface area contributed by atoms with Crippen LogP contribution in [0.2, 0.25) is 0 Å². The first kappa shape index (κ1) is 34.0. The van der Waals surface area contributed by atoms with E-state index in [1.54, 1.807) is 43.3 Å². The van der Waals surface area contributed by atoms with Gasteiger partial charge in [-0.15, -0.1) is 0 Å². The van der Waals surface area contributed by atoms with Gasteiger partial charge in [-0.1, -0.05) is 63.7 Å². The predicted molar refractivity (Wildman–Crippen MR) is 190 cm³/mol. The molecule has 0 saturated carbocycles. The van der Waals surface area contributed by atoms with E-state index in [2.05, 4.69) is 25.9 Å². The fourth-order valence-corrected chi connectivity index (χ4v) is 7.83. The summed E-state index contributed by atoms with van der Waals surface area (Å²) in [7, 11) is 1.52. The van der Waals surface area contributed by atoms with E-state index in [0.717, 1.165) is 34.5 Å². The topological polar surface area (TPSA) is 139 Å². The van der Waals surface area contributed by atoms with Crippen molar-refractivity contribution < 1.29 is 19.2 Å². The van der Waals surface area contributed by atoms with Crippen LogP contribution in [0.3, 0.4) is 0 Å². The maximum absolute atomic E-state index is 14.3. The van der Waals surface area contributed by atoms with E-state index < -0.39 is 22.5 Å². The van der Waals surface area contributed by atoms with Gasteiger partial charge in [-0.25, -0.2) is 19.8 Å². The van der Waals surface area contributed by atoms with Gasteiger partial charge >= 0.3 is 5.97 Å². The van der Waals surface area contributed by atoms with Gasteiger partial charge in [-0.3, -0.25) is 19.5 Å². The zero-order valence-corrected chi connectivity index (χ0v) is 29.9. The second-order valence-corrected chi connectivity index (χ2v) is 13.8. The molecule has 0 aliphatic carbocycles. The zero-order chi connectivity index (χ0) is 34.8. The van der Waals surface area contributed by atoms with Crippen molar-refractivity contribution in [2.45, 2.75) is 36.9 Å². The van der Waals surface area contributed by atoms with E-state index in [1.165, 1.54) is 17.7 Å². The van der Waals surface area contributed by atoms with Crippen LogP contribution in [-0.2, 0) is 9.53 Å². The average molecular weight is 759 g/mol. The quantitative estimate of drug-likeness (QED) is 0.0748. The summed E-state index contributed by atoms with van der Waals surface area (Å²) in [5.74, 6) is -0.168. The highest BCUT2D eigenvalue weighted by Gasteiger charge is 2.37. The Hall–Kier alpha value is -4.92. The fraction of sp³-hybridized carbons (Fsp3) is 0.171. The van der Waals surface area contributed by atoms with Crippen LogP contribution in [0.1, 0.15) is 41.0 Å². The van der Waals surface area contributed by atoms with E-state index >= 15 is 0 Å². The highest BCUT2D eigenvalue weighted by Crippen LogP contribution is 2.40. The van der Waals surface area contributed by atoms with Crippen LogP contribution in [0.5, 0.6) is 5.75 Å². The Labute approximate surface area is 297 Å². The number of carbonyl (C=O) groups is 1. The van der Waals surface area contributed by atoms with Gasteiger partial charge in [-0.05, 0) is 74.5 Å². The van der Waals surface area contributed by atoms with Crippen molar-refractivity contribution in [3.8, 4) is 5.75 Å². The molecule has 1 atom stereocenters. The van der Waals surface area contributed by atoms with Crippen molar-refractivity contribution in [1.82, 2.24) is 14.5 Å². The number of rotatable bonds is 9. The summed E-state index contributed by atoms with van der Waals surface area (Å²) in [6, 6.07) is 20.2. The Bertz CT molecular complexity index is 2320. The standard InChI is InChI=1S/C35H28BrN5O6S2/c1-5-47-33(43)29-30(22-9-7-6-8-10-22)39-35-40(31(29)24-18-23(36)12-13-26(24)46-4)32(42)28(49-35)17-21-11-14-27(25(16-21)41(44)45)48-34-37-19(2)15-20(3)38-34/h6-18,31H,5H2,1-4H3/b28-17-/t31-/m1/s1. The normalized spacial score (nSPS) is 14.3. The van der Waals surface area contributed by atoms with Crippen LogP contribution < -0.4 is 19.6 Å². The van der Waals surface area contributed by atoms with Gasteiger partial charge in [-0.2, -0.15) is 0 Å². The third kappa shape index (κ3) is 6.98. The summed E-state index contributed by atoms with van der Waals surface area (Å²) < 4.78 is 13.7. The van der Waals surface area contributed by atoms with Crippen molar-refractivity contribution in [3.05, 3.63) is 141 Å². The maximum atomic E-state index is 14.3. The SMILES string of the molecule is CCOC(=O)C1=C(c2ccccc2)N=c2s/c(=C\c3ccc(Sc4nc(C)cc(C)n4)c([N+](=O)[O-])c3)c(=O)n2[C@@H]1c1cc(Br)ccc1OC. The molecule has 11 nitrogen and oxygen atoms in total. The predicted octanol–water partition coefficient (Wildman–Crippen LogP) is 6.17. The highest BCUT2D eigenvalue weighted by atomic mass is 79.9. The van der Waals surface area contributed by atoms with Gasteiger partial charge in [0.05, 0.1) is 39.3 Å². The van der Waals surface area contributed by atoms with Crippen molar-refractivity contribution in [2.75, 3.05) is 13.7 Å². The molecule has 6 rings (SSSR count). The van der Waals surface area contributed by atoms with Crippen LogP contribution in [-0.4, -0.2) is 39.1 Å². The molecule has 0 fully saturated rings. The maximum Gasteiger partial charge on any atom is 0.338 e. The van der Waals surface area contributed by atoms with Crippen LogP contribution in [0, 0.1) is 24.0 Å². The van der Waals surface area contributed by atoms with E-state index in [-0.39, 0.29) is 22.4 Å². The molecule has 0 bridgehead atoms. The molecule has 0 unspecified atom stereocenters. The zero-order valence-electron chi connectivity index (χ0n) is 26.7. The largest absolute Gasteiger partial charge is 0.496 e. The molecule has 248 valence electrons. The van der Waals surface area contributed by atoms with Gasteiger partial charge < -0.3 is 9.47 Å². The Morgan fingerprint density at radius 2 is 1.82 bits per heavy atom. The molecule has 1 aliphatic rings. The van der Waals surface area contributed by atoms with Crippen molar-refractivity contribution in [1.29, 1.82) is 0 Å². The number of halogens is 1. The van der Waals surface area contributed by atoms with Gasteiger partial charge in [0.15, 0.2) is 9.96 Å². The van der Waals surface area contributed by atoms with E-state index in [9.17, 15) is 19.7 Å². The Morgan fingerprint density at radius 3 is 2.49 bits per heavy atom. The van der Waals surface area contributed by atoms with Crippen LogP contribution in [0.15, 0.2) is 103 Å². The minimum absolute atomic E-state index is 0.111. The van der Waals surface area contributed by atoms with Crippen molar-refractivity contribution in [2.24, 2.45) is 4.99 Å². The number of nitro groups is 1. The highest BCUT2D eigenvalue weighted by molar-refractivity contribution is 9.10. The molecule has 0 spiro atoms. The van der Waals surface area contributed by atoms with Gasteiger partial charge in [0.1, 0.15) is 11.8 Å². The molecule has 1 aliphatic heterocycles. The summed E-state index contributed by atoms with van der Waals surface area (Å²) in [6.07, 6.45) is 1.59. The number of esters is 1. The first-order valence-electron chi connectivity index (χ1n) is 15.0. The number of nitrogens with zero attached hydrogens (tertiary/aromatic N) is 5. The Balaban J connectivity index is 1.56. The first-order chi connectivity index (χ1) is 23.6. The van der Waals surface area contributed by atoms with Gasteiger partial charge in [0.25, 0.3) is 11.2 Å². The number of fused-ring (bicyclic) bond motifs is 1. The number of ether oxygens (including phenoxy) is 2. The van der Waals surface area contributed by atoms with Gasteiger partial charge in [0, 0.05) is 33.1 Å². The number of aryl methyl sites for hydroxylation is 2. The molecule has 0 saturated heterocycles. The second kappa shape index (κ2) is 14.3. The Morgan fingerprint density at radius 1 is 1.08 bits per heavy atom. The lowest BCUT2D eigenvalue weighted by molar-refractivity contribution is -0.387. The van der Waals surface area contributed by atoms with Crippen molar-refractivity contribution >= 4 is 62.5 Å². The van der Waals surface area contributed by atoms with Gasteiger partial charge in [0.2, 0.25) is 0 Å². The molecule has 14 heteroatoms. The van der Waals surface area contributed by atoms with E-state index in [1.807, 2.05) is 50.2 Å². The number of nitro benzene ring substituents is 1. The summed E-state index contributed by atoms with van der Waals surface area (Å²) in [4.78, 5) is 54.2. The molecule has 2 aromatic heterocycles. The third-order valence-electron chi connectivity index (χ3n) is 7.50. The molecule has 0 amide bonds. The van der Waals surface area contributed by atoms with Crippen LogP contribution in [0.4, 0.5) is 5.69 Å². The molecule has 5 aromatic rings. The number of carbonyl (C=O) groups excluding carboxylic acids is 1. The average Bonchev–Trinajstić information content (AvgIpc) is 3.38. The summed E-state index contributed by atoms with van der Waals surface area (Å²) in [6.45, 7) is 5.49. The molecular formula is C35H28BrN5O6S2. The second-order valence-electron chi connectivity index (χ2n) is 10.8. The third-order valence-corrected chi connectivity index (χ3v) is 9.91. The lowest BCUT2D eigenvalue weighted by atomic mass is 9.92. The number of methoxy groups -OCH3 is 1. The summed E-state index contributed by atoms with van der Waals surface area (Å²) in [5.41, 5.74) is 3.11. The molecule has 0 N–H and O–H groups in total. The molecular weight excluding hydrogens is 730 g/mol. The number of benzene rings is 3. The number of hydrogen-bond donors (Lipinski definition) is 0. The smallest absolute Gasteiger partial charge is 0.338 e.